The van der Waals surface area contributed by atoms with E-state index in [1.165, 1.54) is 0 Å². The number of halogens is 2. The molecule has 0 bridgehead atoms. The van der Waals surface area contributed by atoms with Crippen LogP contribution < -0.4 is 10.5 Å². The quantitative estimate of drug-likeness (QED) is 0.761. The molecule has 0 saturated heterocycles. The van der Waals surface area contributed by atoms with Crippen LogP contribution in [0.25, 0.3) is 0 Å². The zero-order valence-corrected chi connectivity index (χ0v) is 8.45. The Morgan fingerprint density at radius 2 is 2.00 bits per heavy atom. The first kappa shape index (κ1) is 14.0. The molecule has 0 heterocycles. The maximum absolute atomic E-state index is 5.51. The molecule has 1 rings (SSSR count). The minimum Gasteiger partial charge on any atom is -0.494 e. The average molecular weight is 210 g/mol. The minimum atomic E-state index is 0. The Balaban J connectivity index is 0. The van der Waals surface area contributed by atoms with E-state index in [9.17, 15) is 0 Å². The first-order valence-corrected chi connectivity index (χ1v) is 3.31. The van der Waals surface area contributed by atoms with E-state index in [1.54, 1.807) is 0 Å². The summed E-state index contributed by atoms with van der Waals surface area (Å²) < 4.78 is 5.21. The number of hydrogen-bond acceptors (Lipinski definition) is 2. The molecular formula is C8H13Cl2NO. The van der Waals surface area contributed by atoms with Gasteiger partial charge in [0, 0.05) is 11.8 Å². The Morgan fingerprint density at radius 3 is 2.50 bits per heavy atom. The Morgan fingerprint density at radius 1 is 1.33 bits per heavy atom. The summed E-state index contributed by atoms with van der Waals surface area (Å²) in [6.07, 6.45) is 0. The van der Waals surface area contributed by atoms with Gasteiger partial charge in [-0.3, -0.25) is 0 Å². The predicted octanol–water partition coefficient (Wildman–Crippen LogP) is 2.51. The molecule has 0 spiro atoms. The SMILES string of the molecule is CCOc1cccc(N)c1.Cl.Cl. The summed E-state index contributed by atoms with van der Waals surface area (Å²) in [5.74, 6) is 0.836. The van der Waals surface area contributed by atoms with E-state index in [0.29, 0.717) is 6.61 Å². The van der Waals surface area contributed by atoms with E-state index in [4.69, 9.17) is 10.5 Å². The van der Waals surface area contributed by atoms with Gasteiger partial charge in [0.05, 0.1) is 6.61 Å². The maximum Gasteiger partial charge on any atom is 0.121 e. The summed E-state index contributed by atoms with van der Waals surface area (Å²) in [6, 6.07) is 7.41. The molecular weight excluding hydrogens is 197 g/mol. The van der Waals surface area contributed by atoms with Crippen LogP contribution in [0.1, 0.15) is 6.92 Å². The highest BCUT2D eigenvalue weighted by Crippen LogP contribution is 2.13. The highest BCUT2D eigenvalue weighted by Gasteiger charge is 1.89. The van der Waals surface area contributed by atoms with Gasteiger partial charge in [0.2, 0.25) is 0 Å². The van der Waals surface area contributed by atoms with Crippen molar-refractivity contribution in [3.63, 3.8) is 0 Å². The Labute approximate surface area is 84.9 Å². The van der Waals surface area contributed by atoms with Crippen molar-refractivity contribution < 1.29 is 4.74 Å². The zero-order chi connectivity index (χ0) is 7.40. The molecule has 1 aromatic rings. The average Bonchev–Trinajstić information content (AvgIpc) is 1.88. The molecule has 0 radical (unpaired) electrons. The number of rotatable bonds is 2. The first-order chi connectivity index (χ1) is 4.83. The van der Waals surface area contributed by atoms with Gasteiger partial charge in [0.25, 0.3) is 0 Å². The van der Waals surface area contributed by atoms with Crippen molar-refractivity contribution in [1.29, 1.82) is 0 Å². The molecule has 2 nitrogen and oxygen atoms in total. The fourth-order valence-corrected chi connectivity index (χ4v) is 0.771. The van der Waals surface area contributed by atoms with Gasteiger partial charge in [-0.25, -0.2) is 0 Å². The molecule has 2 N–H and O–H groups in total. The van der Waals surface area contributed by atoms with Crippen LogP contribution in [0.2, 0.25) is 0 Å². The van der Waals surface area contributed by atoms with E-state index in [1.807, 2.05) is 31.2 Å². The van der Waals surface area contributed by atoms with Crippen LogP contribution >= 0.6 is 24.8 Å². The van der Waals surface area contributed by atoms with E-state index >= 15 is 0 Å². The second kappa shape index (κ2) is 7.07. The summed E-state index contributed by atoms with van der Waals surface area (Å²) in [6.45, 7) is 2.63. The largest absolute Gasteiger partial charge is 0.494 e. The molecule has 4 heteroatoms. The van der Waals surface area contributed by atoms with Gasteiger partial charge in [-0.05, 0) is 19.1 Å². The van der Waals surface area contributed by atoms with E-state index in [-0.39, 0.29) is 24.8 Å². The van der Waals surface area contributed by atoms with Gasteiger partial charge in [0.1, 0.15) is 5.75 Å². The van der Waals surface area contributed by atoms with Crippen molar-refractivity contribution in [2.24, 2.45) is 0 Å². The topological polar surface area (TPSA) is 35.2 Å². The Bertz CT molecular complexity index is 218. The number of nitrogens with two attached hydrogens (primary N) is 1. The molecule has 0 unspecified atom stereocenters. The third-order valence-corrected chi connectivity index (χ3v) is 1.17. The summed E-state index contributed by atoms with van der Waals surface area (Å²) in [4.78, 5) is 0. The molecule has 0 atom stereocenters. The van der Waals surface area contributed by atoms with Crippen LogP contribution in [0.15, 0.2) is 24.3 Å². The van der Waals surface area contributed by atoms with Crippen molar-refractivity contribution in [2.45, 2.75) is 6.92 Å². The lowest BCUT2D eigenvalue weighted by molar-refractivity contribution is 0.340. The molecule has 70 valence electrons. The van der Waals surface area contributed by atoms with Gasteiger partial charge >= 0.3 is 0 Å². The van der Waals surface area contributed by atoms with E-state index < -0.39 is 0 Å². The van der Waals surface area contributed by atoms with E-state index in [0.717, 1.165) is 11.4 Å². The monoisotopic (exact) mass is 209 g/mol. The third kappa shape index (κ3) is 4.31. The van der Waals surface area contributed by atoms with Crippen molar-refractivity contribution >= 4 is 30.5 Å². The smallest absolute Gasteiger partial charge is 0.121 e. The number of benzene rings is 1. The molecule has 0 aliphatic heterocycles. The number of hydrogen-bond donors (Lipinski definition) is 1. The van der Waals surface area contributed by atoms with E-state index in [2.05, 4.69) is 0 Å². The van der Waals surface area contributed by atoms with Gasteiger partial charge in [-0.1, -0.05) is 6.07 Å². The summed E-state index contributed by atoms with van der Waals surface area (Å²) in [5, 5.41) is 0. The van der Waals surface area contributed by atoms with Gasteiger partial charge in [0.15, 0.2) is 0 Å². The molecule has 0 amide bonds. The standard InChI is InChI=1S/C8H11NO.2ClH/c1-2-10-8-5-3-4-7(9)6-8;;/h3-6H,2,9H2,1H3;2*1H. The third-order valence-electron chi connectivity index (χ3n) is 1.17. The highest BCUT2D eigenvalue weighted by atomic mass is 35.5. The van der Waals surface area contributed by atoms with Gasteiger partial charge < -0.3 is 10.5 Å². The van der Waals surface area contributed by atoms with Crippen LogP contribution in [0.3, 0.4) is 0 Å². The normalized spacial score (nSPS) is 7.75. The lowest BCUT2D eigenvalue weighted by atomic mass is 10.3. The first-order valence-electron chi connectivity index (χ1n) is 3.31. The minimum absolute atomic E-state index is 0. The second-order valence-electron chi connectivity index (χ2n) is 2.01. The summed E-state index contributed by atoms with van der Waals surface area (Å²) >= 11 is 0. The van der Waals surface area contributed by atoms with Crippen LogP contribution in [0, 0.1) is 0 Å². The summed E-state index contributed by atoms with van der Waals surface area (Å²) in [5.41, 5.74) is 6.25. The molecule has 0 fully saturated rings. The van der Waals surface area contributed by atoms with Crippen LogP contribution in [-0.2, 0) is 0 Å². The Hall–Kier alpha value is -0.600. The second-order valence-corrected chi connectivity index (χ2v) is 2.01. The highest BCUT2D eigenvalue weighted by molar-refractivity contribution is 5.85. The molecule has 0 saturated carbocycles. The molecule has 0 aliphatic rings. The van der Waals surface area contributed by atoms with Crippen molar-refractivity contribution in [2.75, 3.05) is 12.3 Å². The number of anilines is 1. The van der Waals surface area contributed by atoms with Crippen LogP contribution in [0.4, 0.5) is 5.69 Å². The van der Waals surface area contributed by atoms with Crippen LogP contribution in [-0.4, -0.2) is 6.61 Å². The van der Waals surface area contributed by atoms with Gasteiger partial charge in [-0.15, -0.1) is 24.8 Å². The number of ether oxygens (including phenoxy) is 1. The molecule has 0 aliphatic carbocycles. The molecule has 12 heavy (non-hydrogen) atoms. The van der Waals surface area contributed by atoms with Crippen LogP contribution in [0.5, 0.6) is 5.75 Å². The molecule has 0 aromatic heterocycles. The molecule has 1 aromatic carbocycles. The van der Waals surface area contributed by atoms with Crippen molar-refractivity contribution in [3.8, 4) is 5.75 Å². The van der Waals surface area contributed by atoms with Crippen molar-refractivity contribution in [1.82, 2.24) is 0 Å². The maximum atomic E-state index is 5.51. The fraction of sp³-hybridized carbons (Fsp3) is 0.250. The fourth-order valence-electron chi connectivity index (χ4n) is 0.771. The van der Waals surface area contributed by atoms with Crippen molar-refractivity contribution in [3.05, 3.63) is 24.3 Å². The number of nitrogen functional groups attached to an aromatic ring is 1. The Kier molecular flexibility index (Phi) is 8.22. The van der Waals surface area contributed by atoms with Gasteiger partial charge in [-0.2, -0.15) is 0 Å². The zero-order valence-electron chi connectivity index (χ0n) is 6.82. The lowest BCUT2D eigenvalue weighted by Crippen LogP contribution is -1.92. The predicted molar refractivity (Wildman–Crippen MR) is 56.5 cm³/mol. The lowest BCUT2D eigenvalue weighted by Gasteiger charge is -2.01. The summed E-state index contributed by atoms with van der Waals surface area (Å²) in [7, 11) is 0.